The zero-order valence-electron chi connectivity index (χ0n) is 11.3. The molecular formula is C13H19ClN4O3. The van der Waals surface area contributed by atoms with Crippen LogP contribution in [-0.2, 0) is 0 Å². The number of hydrogen-bond acceptors (Lipinski definition) is 7. The highest BCUT2D eigenvalue weighted by molar-refractivity contribution is 6.33. The first-order chi connectivity index (χ1) is 9.93. The second-order valence-corrected chi connectivity index (χ2v) is 6.26. The molecule has 7 nitrogen and oxygen atoms in total. The van der Waals surface area contributed by atoms with Crippen molar-refractivity contribution in [2.45, 2.75) is 24.7 Å². The predicted octanol–water partition coefficient (Wildman–Crippen LogP) is -0.340. The summed E-state index contributed by atoms with van der Waals surface area (Å²) < 4.78 is 0. The Bertz CT molecular complexity index is 558. The van der Waals surface area contributed by atoms with Crippen LogP contribution in [0.1, 0.15) is 6.42 Å². The highest BCUT2D eigenvalue weighted by Crippen LogP contribution is 2.49. The number of nitrogens with zero attached hydrogens (tertiary/aromatic N) is 1. The Morgan fingerprint density at radius 2 is 2.00 bits per heavy atom. The summed E-state index contributed by atoms with van der Waals surface area (Å²) in [6.07, 6.45) is -0.683. The van der Waals surface area contributed by atoms with Gasteiger partial charge in [0.2, 0.25) is 0 Å². The van der Waals surface area contributed by atoms with Crippen LogP contribution in [0.15, 0.2) is 6.07 Å². The molecule has 0 unspecified atom stereocenters. The maximum atomic E-state index is 10.4. The topological polar surface area (TPSA) is 138 Å². The summed E-state index contributed by atoms with van der Waals surface area (Å²) >= 11 is 5.96. The van der Waals surface area contributed by atoms with Crippen LogP contribution in [0.5, 0.6) is 0 Å². The number of halogens is 1. The van der Waals surface area contributed by atoms with Gasteiger partial charge in [0, 0.05) is 24.5 Å². The number of pyridine rings is 1. The molecule has 2 fully saturated rings. The van der Waals surface area contributed by atoms with Gasteiger partial charge in [-0.25, -0.2) is 4.98 Å². The lowest BCUT2D eigenvalue weighted by atomic mass is 9.82. The van der Waals surface area contributed by atoms with Gasteiger partial charge >= 0.3 is 0 Å². The molecule has 0 aliphatic heterocycles. The van der Waals surface area contributed by atoms with Gasteiger partial charge in [-0.1, -0.05) is 11.6 Å². The zero-order chi connectivity index (χ0) is 15.3. The van der Waals surface area contributed by atoms with E-state index in [0.717, 1.165) is 0 Å². The van der Waals surface area contributed by atoms with Gasteiger partial charge in [-0.2, -0.15) is 0 Å². The van der Waals surface area contributed by atoms with E-state index in [9.17, 15) is 15.3 Å². The molecule has 0 aromatic carbocycles. The highest BCUT2D eigenvalue weighted by Gasteiger charge is 2.57. The number of aromatic nitrogens is 1. The SMILES string of the molecule is Nc1cc(Cl)c(N)c(N[C@H]2[C@H](O)[C@H]3C[C@@H]2[C@@H](O)[C@@H]3CO)n1. The molecule has 2 aliphatic rings. The molecule has 0 spiro atoms. The molecule has 2 bridgehead atoms. The Morgan fingerprint density at radius 1 is 1.29 bits per heavy atom. The Kier molecular flexibility index (Phi) is 3.61. The molecule has 1 aromatic heterocycles. The van der Waals surface area contributed by atoms with Crippen LogP contribution in [0.2, 0.25) is 5.02 Å². The summed E-state index contributed by atoms with van der Waals surface area (Å²) in [5.41, 5.74) is 11.8. The maximum absolute atomic E-state index is 10.4. The minimum atomic E-state index is -0.683. The molecule has 6 atom stereocenters. The summed E-state index contributed by atoms with van der Waals surface area (Å²) in [5.74, 6) is -0.0425. The normalized spacial score (nSPS) is 37.9. The van der Waals surface area contributed by atoms with Gasteiger partial charge in [-0.05, 0) is 12.3 Å². The monoisotopic (exact) mass is 314 g/mol. The minimum Gasteiger partial charge on any atom is -0.396 e. The van der Waals surface area contributed by atoms with Crippen molar-refractivity contribution < 1.29 is 15.3 Å². The Balaban J connectivity index is 1.84. The van der Waals surface area contributed by atoms with E-state index in [4.69, 9.17) is 23.1 Å². The first kappa shape index (κ1) is 14.6. The number of nitrogens with one attached hydrogen (secondary N) is 1. The molecule has 3 rings (SSSR count). The van der Waals surface area contributed by atoms with Crippen molar-refractivity contribution in [1.29, 1.82) is 0 Å². The molecule has 116 valence electrons. The van der Waals surface area contributed by atoms with E-state index in [0.29, 0.717) is 12.2 Å². The molecule has 0 saturated heterocycles. The Morgan fingerprint density at radius 3 is 2.67 bits per heavy atom. The van der Waals surface area contributed by atoms with Gasteiger partial charge in [0.15, 0.2) is 5.82 Å². The number of anilines is 3. The number of hydrogen-bond donors (Lipinski definition) is 6. The molecule has 2 saturated carbocycles. The molecule has 21 heavy (non-hydrogen) atoms. The van der Waals surface area contributed by atoms with E-state index in [1.165, 1.54) is 6.07 Å². The Hall–Kier alpha value is -1.28. The molecule has 1 aromatic rings. The lowest BCUT2D eigenvalue weighted by Crippen LogP contribution is -2.49. The second-order valence-electron chi connectivity index (χ2n) is 5.85. The third-order valence-corrected chi connectivity index (χ3v) is 5.09. The van der Waals surface area contributed by atoms with Gasteiger partial charge in [0.1, 0.15) is 5.82 Å². The number of rotatable bonds is 3. The lowest BCUT2D eigenvalue weighted by Gasteiger charge is -2.36. The smallest absolute Gasteiger partial charge is 0.153 e. The molecule has 0 amide bonds. The Labute approximate surface area is 126 Å². The summed E-state index contributed by atoms with van der Waals surface area (Å²) in [6.45, 7) is -0.128. The summed E-state index contributed by atoms with van der Waals surface area (Å²) in [7, 11) is 0. The van der Waals surface area contributed by atoms with Gasteiger partial charge in [-0.15, -0.1) is 0 Å². The fourth-order valence-corrected chi connectivity index (χ4v) is 3.92. The quantitative estimate of drug-likeness (QED) is 0.449. The van der Waals surface area contributed by atoms with E-state index in [1.54, 1.807) is 0 Å². The van der Waals surface area contributed by atoms with Crippen molar-refractivity contribution in [2.24, 2.45) is 17.8 Å². The molecule has 8 heteroatoms. The average molecular weight is 315 g/mol. The summed E-state index contributed by atoms with van der Waals surface area (Å²) in [4.78, 5) is 4.09. The number of aliphatic hydroxyl groups is 3. The van der Waals surface area contributed by atoms with Crippen LogP contribution < -0.4 is 16.8 Å². The molecular weight excluding hydrogens is 296 g/mol. The summed E-state index contributed by atoms with van der Waals surface area (Å²) in [6, 6.07) is 1.07. The number of fused-ring (bicyclic) bond motifs is 2. The van der Waals surface area contributed by atoms with Crippen LogP contribution in [-0.4, -0.2) is 45.2 Å². The van der Waals surface area contributed by atoms with E-state index in [-0.39, 0.29) is 46.9 Å². The fourth-order valence-electron chi connectivity index (χ4n) is 3.72. The van der Waals surface area contributed by atoms with Gasteiger partial charge in [-0.3, -0.25) is 0 Å². The van der Waals surface area contributed by atoms with Crippen LogP contribution in [0.4, 0.5) is 17.3 Å². The minimum absolute atomic E-state index is 0.128. The number of aliphatic hydroxyl groups excluding tert-OH is 3. The largest absolute Gasteiger partial charge is 0.396 e. The van der Waals surface area contributed by atoms with E-state index < -0.39 is 12.2 Å². The van der Waals surface area contributed by atoms with Gasteiger partial charge in [0.25, 0.3) is 0 Å². The summed E-state index contributed by atoms with van der Waals surface area (Å²) in [5, 5.41) is 33.2. The first-order valence-corrected chi connectivity index (χ1v) is 7.26. The molecule has 2 aliphatic carbocycles. The van der Waals surface area contributed by atoms with Crippen molar-refractivity contribution in [3.8, 4) is 0 Å². The van der Waals surface area contributed by atoms with Crippen LogP contribution >= 0.6 is 11.6 Å². The van der Waals surface area contributed by atoms with E-state index in [1.807, 2.05) is 0 Å². The first-order valence-electron chi connectivity index (χ1n) is 6.89. The van der Waals surface area contributed by atoms with Crippen molar-refractivity contribution >= 4 is 28.9 Å². The molecule has 8 N–H and O–H groups in total. The van der Waals surface area contributed by atoms with E-state index in [2.05, 4.69) is 10.3 Å². The third-order valence-electron chi connectivity index (χ3n) is 4.78. The fraction of sp³-hybridized carbons (Fsp3) is 0.615. The van der Waals surface area contributed by atoms with Crippen LogP contribution in [0.25, 0.3) is 0 Å². The third kappa shape index (κ3) is 2.20. The van der Waals surface area contributed by atoms with Gasteiger partial charge < -0.3 is 32.1 Å². The number of nitrogens with two attached hydrogens (primary N) is 2. The van der Waals surface area contributed by atoms with Crippen LogP contribution in [0, 0.1) is 17.8 Å². The lowest BCUT2D eigenvalue weighted by molar-refractivity contribution is -0.0312. The predicted molar refractivity (Wildman–Crippen MR) is 79.7 cm³/mol. The zero-order valence-corrected chi connectivity index (χ0v) is 12.0. The van der Waals surface area contributed by atoms with Gasteiger partial charge in [0.05, 0.1) is 29.0 Å². The van der Waals surface area contributed by atoms with Crippen molar-refractivity contribution in [3.63, 3.8) is 0 Å². The van der Waals surface area contributed by atoms with Crippen LogP contribution in [0.3, 0.4) is 0 Å². The van der Waals surface area contributed by atoms with Crippen molar-refractivity contribution in [3.05, 3.63) is 11.1 Å². The standard InChI is InChI=1S/C13H19ClN4O3/c14-7-2-8(15)17-13(9(7)16)18-10-5-1-4(12(10)21)6(3-19)11(5)20/h2,4-6,10-12,19-21H,1,3,16H2,(H3,15,17,18)/t4-,5-,6+,10+,11+,12+/m0/s1. The maximum Gasteiger partial charge on any atom is 0.153 e. The van der Waals surface area contributed by atoms with Crippen molar-refractivity contribution in [2.75, 3.05) is 23.4 Å². The molecule has 0 radical (unpaired) electrons. The van der Waals surface area contributed by atoms with E-state index >= 15 is 0 Å². The average Bonchev–Trinajstić information content (AvgIpc) is 2.91. The van der Waals surface area contributed by atoms with Crippen molar-refractivity contribution in [1.82, 2.24) is 4.98 Å². The highest BCUT2D eigenvalue weighted by atomic mass is 35.5. The number of nitrogen functional groups attached to an aromatic ring is 2. The molecule has 1 heterocycles. The second kappa shape index (κ2) is 5.17.